The second-order valence-electron chi connectivity index (χ2n) is 3.67. The summed E-state index contributed by atoms with van der Waals surface area (Å²) >= 11 is 0. The molecule has 19 heavy (non-hydrogen) atoms. The van der Waals surface area contributed by atoms with Crippen LogP contribution in [0.3, 0.4) is 0 Å². The Bertz CT molecular complexity index is 748. The molecule has 2 N–H and O–H groups in total. The second kappa shape index (κ2) is 4.89. The first-order chi connectivity index (χ1) is 9.02. The van der Waals surface area contributed by atoms with E-state index in [1.165, 1.54) is 19.2 Å². The minimum absolute atomic E-state index is 0.0230. The van der Waals surface area contributed by atoms with Crippen LogP contribution in [0.2, 0.25) is 0 Å². The van der Waals surface area contributed by atoms with Gasteiger partial charge in [0.05, 0.1) is 18.2 Å². The van der Waals surface area contributed by atoms with Gasteiger partial charge in [-0.2, -0.15) is 0 Å². The quantitative estimate of drug-likeness (QED) is 0.779. The SMILES string of the molecule is COC(=O)c1ccc(-c2c[nH]c(=O)[nH]c2=O)c(F)c1. The zero-order chi connectivity index (χ0) is 14.0. The fourth-order valence-corrected chi connectivity index (χ4v) is 1.59. The van der Waals surface area contributed by atoms with Crippen molar-refractivity contribution in [1.29, 1.82) is 0 Å². The van der Waals surface area contributed by atoms with E-state index in [4.69, 9.17) is 0 Å². The van der Waals surface area contributed by atoms with E-state index in [2.05, 4.69) is 9.72 Å². The van der Waals surface area contributed by atoms with Crippen LogP contribution in [0, 0.1) is 5.82 Å². The molecule has 6 nitrogen and oxygen atoms in total. The molecule has 0 spiro atoms. The lowest BCUT2D eigenvalue weighted by Crippen LogP contribution is -2.22. The van der Waals surface area contributed by atoms with Gasteiger partial charge in [-0.05, 0) is 12.1 Å². The van der Waals surface area contributed by atoms with Crippen molar-refractivity contribution in [1.82, 2.24) is 9.97 Å². The summed E-state index contributed by atoms with van der Waals surface area (Å²) in [6.45, 7) is 0. The first-order valence-electron chi connectivity index (χ1n) is 5.23. The molecule has 0 radical (unpaired) electrons. The zero-order valence-corrected chi connectivity index (χ0v) is 9.82. The number of nitrogens with one attached hydrogen (secondary N) is 2. The average Bonchev–Trinajstić information content (AvgIpc) is 2.38. The van der Waals surface area contributed by atoms with E-state index >= 15 is 0 Å². The molecule has 98 valence electrons. The first-order valence-corrected chi connectivity index (χ1v) is 5.23. The summed E-state index contributed by atoms with van der Waals surface area (Å²) in [5.74, 6) is -1.44. The topological polar surface area (TPSA) is 92.0 Å². The largest absolute Gasteiger partial charge is 0.465 e. The maximum atomic E-state index is 13.9. The van der Waals surface area contributed by atoms with Gasteiger partial charge in [-0.25, -0.2) is 14.0 Å². The highest BCUT2D eigenvalue weighted by atomic mass is 19.1. The van der Waals surface area contributed by atoms with Crippen LogP contribution in [0.15, 0.2) is 34.0 Å². The molecule has 0 saturated heterocycles. The summed E-state index contributed by atoms with van der Waals surface area (Å²) in [7, 11) is 1.18. The number of halogens is 1. The Morgan fingerprint density at radius 1 is 1.26 bits per heavy atom. The number of H-pyrrole nitrogens is 2. The molecule has 0 aliphatic heterocycles. The van der Waals surface area contributed by atoms with E-state index in [1.54, 1.807) is 0 Å². The van der Waals surface area contributed by atoms with Gasteiger partial charge in [-0.1, -0.05) is 6.07 Å². The van der Waals surface area contributed by atoms with Gasteiger partial charge in [-0.15, -0.1) is 0 Å². The van der Waals surface area contributed by atoms with Gasteiger partial charge in [0, 0.05) is 11.8 Å². The van der Waals surface area contributed by atoms with E-state index in [0.29, 0.717) is 0 Å². The van der Waals surface area contributed by atoms with Crippen molar-refractivity contribution in [2.75, 3.05) is 7.11 Å². The molecule has 1 aromatic heterocycles. The molecule has 0 unspecified atom stereocenters. The standard InChI is InChI=1S/C12H9FN2O4/c1-19-11(17)6-2-3-7(9(13)4-6)8-5-14-12(18)15-10(8)16/h2-5H,1H3,(H2,14,15,16,18). The van der Waals surface area contributed by atoms with Crippen LogP contribution in [0.4, 0.5) is 4.39 Å². The van der Waals surface area contributed by atoms with Gasteiger partial charge in [-0.3, -0.25) is 9.78 Å². The van der Waals surface area contributed by atoms with Crippen LogP contribution in [0.1, 0.15) is 10.4 Å². The number of esters is 1. The van der Waals surface area contributed by atoms with E-state index in [9.17, 15) is 18.8 Å². The molecular formula is C12H9FN2O4. The third-order valence-corrected chi connectivity index (χ3v) is 2.50. The Morgan fingerprint density at radius 3 is 2.58 bits per heavy atom. The first kappa shape index (κ1) is 12.7. The number of aromatic amines is 2. The zero-order valence-electron chi connectivity index (χ0n) is 9.82. The van der Waals surface area contributed by atoms with Crippen LogP contribution >= 0.6 is 0 Å². The molecule has 0 saturated carbocycles. The number of carbonyl (C=O) groups is 1. The van der Waals surface area contributed by atoms with Crippen LogP contribution in [0.5, 0.6) is 0 Å². The van der Waals surface area contributed by atoms with E-state index in [-0.39, 0.29) is 16.7 Å². The number of methoxy groups -OCH3 is 1. The third-order valence-electron chi connectivity index (χ3n) is 2.50. The molecule has 0 fully saturated rings. The Kier molecular flexibility index (Phi) is 3.28. The van der Waals surface area contributed by atoms with Gasteiger partial charge < -0.3 is 9.72 Å². The van der Waals surface area contributed by atoms with Gasteiger partial charge in [0.15, 0.2) is 0 Å². The van der Waals surface area contributed by atoms with Crippen molar-refractivity contribution in [3.05, 3.63) is 56.6 Å². The van der Waals surface area contributed by atoms with Crippen LogP contribution in [-0.2, 0) is 4.74 Å². The fraction of sp³-hybridized carbons (Fsp3) is 0.0833. The summed E-state index contributed by atoms with van der Waals surface area (Å²) in [5.41, 5.74) is -1.42. The molecule has 0 amide bonds. The van der Waals surface area contributed by atoms with Crippen LogP contribution in [0.25, 0.3) is 11.1 Å². The monoisotopic (exact) mass is 264 g/mol. The number of ether oxygens (including phenoxy) is 1. The minimum atomic E-state index is -0.763. The van der Waals surface area contributed by atoms with Crippen molar-refractivity contribution >= 4 is 5.97 Å². The normalized spacial score (nSPS) is 10.2. The number of hydrogen-bond acceptors (Lipinski definition) is 4. The molecule has 0 aliphatic carbocycles. The summed E-state index contributed by atoms with van der Waals surface area (Å²) in [6, 6.07) is 3.56. The van der Waals surface area contributed by atoms with Gasteiger partial charge in [0.1, 0.15) is 5.82 Å². The predicted octanol–water partition coefficient (Wildman–Crippen LogP) is 0.656. The Morgan fingerprint density at radius 2 is 2.00 bits per heavy atom. The maximum absolute atomic E-state index is 13.9. The predicted molar refractivity (Wildman–Crippen MR) is 64.4 cm³/mol. The van der Waals surface area contributed by atoms with Gasteiger partial charge >= 0.3 is 11.7 Å². The highest BCUT2D eigenvalue weighted by molar-refractivity contribution is 5.90. The van der Waals surface area contributed by atoms with Crippen LogP contribution in [-0.4, -0.2) is 23.0 Å². The molecule has 1 heterocycles. The van der Waals surface area contributed by atoms with Gasteiger partial charge in [0.25, 0.3) is 5.56 Å². The Labute approximate surface area is 105 Å². The summed E-state index contributed by atoms with van der Waals surface area (Å²) in [6.07, 6.45) is 1.11. The molecule has 1 aromatic carbocycles. The highest BCUT2D eigenvalue weighted by Gasteiger charge is 2.13. The fourth-order valence-electron chi connectivity index (χ4n) is 1.59. The molecule has 0 bridgehead atoms. The highest BCUT2D eigenvalue weighted by Crippen LogP contribution is 2.20. The second-order valence-corrected chi connectivity index (χ2v) is 3.67. The van der Waals surface area contributed by atoms with E-state index in [0.717, 1.165) is 12.3 Å². The summed E-state index contributed by atoms with van der Waals surface area (Å²) in [5, 5.41) is 0. The number of rotatable bonds is 2. The average molecular weight is 264 g/mol. The van der Waals surface area contributed by atoms with E-state index < -0.39 is 23.0 Å². The molecule has 2 rings (SSSR count). The Balaban J connectivity index is 2.55. The molecule has 0 atom stereocenters. The van der Waals surface area contributed by atoms with Crippen molar-refractivity contribution < 1.29 is 13.9 Å². The van der Waals surface area contributed by atoms with Crippen LogP contribution < -0.4 is 11.2 Å². The lowest BCUT2D eigenvalue weighted by molar-refractivity contribution is 0.0600. The lowest BCUT2D eigenvalue weighted by Gasteiger charge is -2.04. The minimum Gasteiger partial charge on any atom is -0.465 e. The number of carbonyl (C=O) groups excluding carboxylic acids is 1. The Hall–Kier alpha value is -2.70. The number of benzene rings is 1. The number of aromatic nitrogens is 2. The summed E-state index contributed by atoms with van der Waals surface area (Å²) < 4.78 is 18.3. The smallest absolute Gasteiger partial charge is 0.337 e. The van der Waals surface area contributed by atoms with Gasteiger partial charge in [0.2, 0.25) is 0 Å². The summed E-state index contributed by atoms with van der Waals surface area (Å²) in [4.78, 5) is 37.9. The lowest BCUT2D eigenvalue weighted by atomic mass is 10.1. The molecular weight excluding hydrogens is 255 g/mol. The maximum Gasteiger partial charge on any atom is 0.337 e. The molecule has 7 heteroatoms. The van der Waals surface area contributed by atoms with Crippen molar-refractivity contribution in [3.8, 4) is 11.1 Å². The van der Waals surface area contributed by atoms with E-state index in [1.807, 2.05) is 4.98 Å². The number of hydrogen-bond donors (Lipinski definition) is 2. The van der Waals surface area contributed by atoms with Crippen molar-refractivity contribution in [2.24, 2.45) is 0 Å². The third kappa shape index (κ3) is 2.44. The molecule has 0 aliphatic rings. The van der Waals surface area contributed by atoms with Crippen molar-refractivity contribution in [2.45, 2.75) is 0 Å². The molecule has 2 aromatic rings. The van der Waals surface area contributed by atoms with Crippen molar-refractivity contribution in [3.63, 3.8) is 0 Å².